The minimum atomic E-state index is -0.447. The predicted octanol–water partition coefficient (Wildman–Crippen LogP) is 0.985. The molecule has 0 radical (unpaired) electrons. The number of carbonyl (C=O) groups is 2. The summed E-state index contributed by atoms with van der Waals surface area (Å²) in [7, 11) is 0. The number of hydrogen-bond acceptors (Lipinski definition) is 3. The van der Waals surface area contributed by atoms with Gasteiger partial charge in [0.1, 0.15) is 0 Å². The average Bonchev–Trinajstić information content (AvgIpc) is 2.62. The van der Waals surface area contributed by atoms with Crippen molar-refractivity contribution in [2.24, 2.45) is 5.92 Å². The quantitative estimate of drug-likeness (QED) is 0.807. The molecule has 1 aromatic rings. The number of rotatable bonds is 4. The molecule has 96 valence electrons. The highest BCUT2D eigenvalue weighted by Gasteiger charge is 2.39. The third-order valence-electron chi connectivity index (χ3n) is 3.30. The second-order valence-corrected chi connectivity index (χ2v) is 4.73. The second-order valence-electron chi connectivity index (χ2n) is 4.73. The van der Waals surface area contributed by atoms with E-state index in [4.69, 9.17) is 0 Å². The van der Waals surface area contributed by atoms with Gasteiger partial charge >= 0.3 is 0 Å². The minimum Gasteiger partial charge on any atom is -0.394 e. The van der Waals surface area contributed by atoms with Crippen LogP contribution in [0.5, 0.6) is 0 Å². The Hall–Kier alpha value is -1.68. The van der Waals surface area contributed by atoms with Crippen LogP contribution < -0.4 is 0 Å². The van der Waals surface area contributed by atoms with E-state index in [0.717, 1.165) is 5.56 Å². The highest BCUT2D eigenvalue weighted by atomic mass is 16.3. The first kappa shape index (κ1) is 12.8. The van der Waals surface area contributed by atoms with Gasteiger partial charge in [-0.3, -0.25) is 14.5 Å². The Labute approximate surface area is 106 Å². The van der Waals surface area contributed by atoms with Gasteiger partial charge in [-0.2, -0.15) is 0 Å². The topological polar surface area (TPSA) is 57.6 Å². The molecule has 1 fully saturated rings. The van der Waals surface area contributed by atoms with E-state index in [2.05, 4.69) is 0 Å². The number of aliphatic hydroxyl groups is 1. The lowest BCUT2D eigenvalue weighted by Gasteiger charge is -2.24. The number of amides is 2. The molecule has 1 heterocycles. The molecule has 1 aliphatic rings. The Balaban J connectivity index is 2.14. The maximum absolute atomic E-state index is 11.9. The maximum Gasteiger partial charge on any atom is 0.232 e. The van der Waals surface area contributed by atoms with Crippen molar-refractivity contribution in [2.75, 3.05) is 6.61 Å². The van der Waals surface area contributed by atoms with Crippen molar-refractivity contribution in [3.8, 4) is 0 Å². The Morgan fingerprint density at radius 1 is 1.33 bits per heavy atom. The lowest BCUT2D eigenvalue weighted by Crippen LogP contribution is -2.43. The lowest BCUT2D eigenvalue weighted by atomic mass is 10.1. The monoisotopic (exact) mass is 247 g/mol. The standard InChI is InChI=1S/C14H17NO3/c1-10-7-13(17)15(14(10)18)12(9-16)8-11-5-3-2-4-6-11/h2-6,10,12,16H,7-9H2,1H3. The van der Waals surface area contributed by atoms with E-state index in [-0.39, 0.29) is 30.8 Å². The van der Waals surface area contributed by atoms with E-state index in [1.165, 1.54) is 4.90 Å². The molecule has 0 aliphatic carbocycles. The van der Waals surface area contributed by atoms with Crippen LogP contribution in [-0.4, -0.2) is 34.5 Å². The molecule has 0 saturated carbocycles. The van der Waals surface area contributed by atoms with E-state index >= 15 is 0 Å². The highest BCUT2D eigenvalue weighted by molar-refractivity contribution is 6.03. The summed E-state index contributed by atoms with van der Waals surface area (Å²) < 4.78 is 0. The third-order valence-corrected chi connectivity index (χ3v) is 3.30. The van der Waals surface area contributed by atoms with Crippen molar-refractivity contribution in [3.63, 3.8) is 0 Å². The Morgan fingerprint density at radius 2 is 2.00 bits per heavy atom. The fraction of sp³-hybridized carbons (Fsp3) is 0.429. The smallest absolute Gasteiger partial charge is 0.232 e. The van der Waals surface area contributed by atoms with Gasteiger partial charge in [-0.15, -0.1) is 0 Å². The molecule has 0 spiro atoms. The van der Waals surface area contributed by atoms with Gasteiger partial charge in [0.05, 0.1) is 12.6 Å². The van der Waals surface area contributed by atoms with E-state index in [9.17, 15) is 14.7 Å². The molecule has 4 nitrogen and oxygen atoms in total. The fourth-order valence-electron chi connectivity index (χ4n) is 2.32. The molecule has 2 atom stereocenters. The van der Waals surface area contributed by atoms with Crippen LogP contribution in [0.2, 0.25) is 0 Å². The maximum atomic E-state index is 11.9. The number of imide groups is 1. The first-order chi connectivity index (χ1) is 8.63. The number of carbonyl (C=O) groups excluding carboxylic acids is 2. The lowest BCUT2D eigenvalue weighted by molar-refractivity contribution is -0.142. The van der Waals surface area contributed by atoms with Gasteiger partial charge in [-0.25, -0.2) is 0 Å². The molecular weight excluding hydrogens is 230 g/mol. The molecule has 1 aromatic carbocycles. The molecule has 2 unspecified atom stereocenters. The van der Waals surface area contributed by atoms with Crippen LogP contribution in [0.4, 0.5) is 0 Å². The Bertz CT molecular complexity index is 444. The van der Waals surface area contributed by atoms with Crippen LogP contribution in [0, 0.1) is 5.92 Å². The first-order valence-electron chi connectivity index (χ1n) is 6.14. The largest absolute Gasteiger partial charge is 0.394 e. The SMILES string of the molecule is CC1CC(=O)N(C(CO)Cc2ccccc2)C1=O. The van der Waals surface area contributed by atoms with Crippen molar-refractivity contribution in [3.05, 3.63) is 35.9 Å². The Kier molecular flexibility index (Phi) is 3.77. The van der Waals surface area contributed by atoms with Gasteiger partial charge in [0.25, 0.3) is 0 Å². The number of nitrogens with zero attached hydrogens (tertiary/aromatic N) is 1. The molecular formula is C14H17NO3. The van der Waals surface area contributed by atoms with Crippen LogP contribution in [-0.2, 0) is 16.0 Å². The van der Waals surface area contributed by atoms with Crippen LogP contribution in [0.1, 0.15) is 18.9 Å². The van der Waals surface area contributed by atoms with E-state index < -0.39 is 6.04 Å². The summed E-state index contributed by atoms with van der Waals surface area (Å²) in [6.07, 6.45) is 0.756. The molecule has 2 rings (SSSR count). The molecule has 0 aromatic heterocycles. The summed E-state index contributed by atoms with van der Waals surface area (Å²) in [5, 5.41) is 9.42. The van der Waals surface area contributed by atoms with Crippen molar-refractivity contribution in [2.45, 2.75) is 25.8 Å². The van der Waals surface area contributed by atoms with Gasteiger partial charge < -0.3 is 5.11 Å². The molecule has 2 amide bonds. The zero-order valence-corrected chi connectivity index (χ0v) is 10.4. The van der Waals surface area contributed by atoms with Gasteiger partial charge in [0.2, 0.25) is 11.8 Å². The second kappa shape index (κ2) is 5.31. The molecule has 1 aliphatic heterocycles. The normalized spacial score (nSPS) is 21.4. The molecule has 18 heavy (non-hydrogen) atoms. The van der Waals surface area contributed by atoms with Crippen molar-refractivity contribution in [1.82, 2.24) is 4.90 Å². The van der Waals surface area contributed by atoms with Crippen LogP contribution >= 0.6 is 0 Å². The first-order valence-corrected chi connectivity index (χ1v) is 6.14. The highest BCUT2D eigenvalue weighted by Crippen LogP contribution is 2.22. The molecule has 0 bridgehead atoms. The van der Waals surface area contributed by atoms with Crippen LogP contribution in [0.15, 0.2) is 30.3 Å². The number of aliphatic hydroxyl groups excluding tert-OH is 1. The van der Waals surface area contributed by atoms with Crippen LogP contribution in [0.25, 0.3) is 0 Å². The molecule has 1 N–H and O–H groups in total. The average molecular weight is 247 g/mol. The van der Waals surface area contributed by atoms with Crippen molar-refractivity contribution in [1.29, 1.82) is 0 Å². The van der Waals surface area contributed by atoms with Crippen LogP contribution in [0.3, 0.4) is 0 Å². The molecule has 4 heteroatoms. The predicted molar refractivity (Wildman–Crippen MR) is 66.7 cm³/mol. The van der Waals surface area contributed by atoms with E-state index in [1.54, 1.807) is 6.92 Å². The number of hydrogen-bond donors (Lipinski definition) is 1. The van der Waals surface area contributed by atoms with Gasteiger partial charge in [0.15, 0.2) is 0 Å². The molecule has 1 saturated heterocycles. The van der Waals surface area contributed by atoms with E-state index in [0.29, 0.717) is 6.42 Å². The summed E-state index contributed by atoms with van der Waals surface area (Å²) in [5.41, 5.74) is 1.01. The number of likely N-dealkylation sites (tertiary alicyclic amines) is 1. The summed E-state index contributed by atoms with van der Waals surface area (Å²) in [6, 6.07) is 9.12. The van der Waals surface area contributed by atoms with Gasteiger partial charge in [-0.05, 0) is 12.0 Å². The summed E-state index contributed by atoms with van der Waals surface area (Å²) in [6.45, 7) is 1.55. The van der Waals surface area contributed by atoms with Gasteiger partial charge in [0, 0.05) is 12.3 Å². The van der Waals surface area contributed by atoms with Crippen molar-refractivity contribution < 1.29 is 14.7 Å². The Morgan fingerprint density at radius 3 is 2.50 bits per heavy atom. The minimum absolute atomic E-state index is 0.171. The van der Waals surface area contributed by atoms with Gasteiger partial charge in [-0.1, -0.05) is 37.3 Å². The van der Waals surface area contributed by atoms with E-state index in [1.807, 2.05) is 30.3 Å². The number of benzene rings is 1. The zero-order chi connectivity index (χ0) is 13.1. The van der Waals surface area contributed by atoms with Crippen molar-refractivity contribution >= 4 is 11.8 Å². The fourth-order valence-corrected chi connectivity index (χ4v) is 2.32. The zero-order valence-electron chi connectivity index (χ0n) is 10.4. The summed E-state index contributed by atoms with van der Waals surface area (Å²) in [5.74, 6) is -0.611. The summed E-state index contributed by atoms with van der Waals surface area (Å²) in [4.78, 5) is 24.9. The summed E-state index contributed by atoms with van der Waals surface area (Å²) >= 11 is 0. The third kappa shape index (κ3) is 2.43.